The maximum Gasteiger partial charge on any atom is 0.314 e. The molecule has 120 valence electrons. The molecule has 1 aromatic rings. The molecule has 0 spiro atoms. The van der Waals surface area contributed by atoms with Gasteiger partial charge < -0.3 is 16.0 Å². The molecule has 0 unspecified atom stereocenters. The Morgan fingerprint density at radius 2 is 1.86 bits per heavy atom. The van der Waals surface area contributed by atoms with Gasteiger partial charge in [-0.25, -0.2) is 4.79 Å². The van der Waals surface area contributed by atoms with Crippen LogP contribution < -0.4 is 16.0 Å². The maximum absolute atomic E-state index is 11.7. The molecule has 1 aliphatic carbocycles. The van der Waals surface area contributed by atoms with Crippen molar-refractivity contribution in [2.75, 3.05) is 19.6 Å². The monoisotopic (exact) mass is 303 g/mol. The highest BCUT2D eigenvalue weighted by molar-refractivity contribution is 5.77. The first-order valence-electron chi connectivity index (χ1n) is 7.95. The van der Waals surface area contributed by atoms with Crippen molar-refractivity contribution < 1.29 is 9.59 Å². The molecule has 0 aromatic heterocycles. The van der Waals surface area contributed by atoms with Crippen molar-refractivity contribution in [2.24, 2.45) is 5.92 Å². The third-order valence-electron chi connectivity index (χ3n) is 3.93. The van der Waals surface area contributed by atoms with Gasteiger partial charge in [0.05, 0.1) is 0 Å². The van der Waals surface area contributed by atoms with E-state index in [-0.39, 0.29) is 17.9 Å². The summed E-state index contributed by atoms with van der Waals surface area (Å²) < 4.78 is 0. The first-order chi connectivity index (χ1) is 10.6. The Labute approximate surface area is 131 Å². The van der Waals surface area contributed by atoms with Crippen molar-refractivity contribution in [2.45, 2.75) is 32.6 Å². The summed E-state index contributed by atoms with van der Waals surface area (Å²) in [6.07, 6.45) is 1.77. The lowest BCUT2D eigenvalue weighted by Crippen LogP contribution is -2.40. The number of hydrogen-bond acceptors (Lipinski definition) is 2. The van der Waals surface area contributed by atoms with Crippen LogP contribution in [0.2, 0.25) is 0 Å². The van der Waals surface area contributed by atoms with E-state index in [1.165, 1.54) is 11.1 Å². The zero-order chi connectivity index (χ0) is 15.9. The normalized spacial score (nSPS) is 15.7. The molecule has 2 rings (SSSR count). The van der Waals surface area contributed by atoms with Gasteiger partial charge in [0.2, 0.25) is 5.91 Å². The fourth-order valence-corrected chi connectivity index (χ4v) is 2.53. The lowest BCUT2D eigenvalue weighted by Gasteiger charge is -2.30. The van der Waals surface area contributed by atoms with Crippen LogP contribution in [0.1, 0.15) is 37.3 Å². The van der Waals surface area contributed by atoms with Gasteiger partial charge in [-0.15, -0.1) is 0 Å². The molecular formula is C17H25N3O2. The minimum absolute atomic E-state index is 0.00149. The molecule has 3 amide bonds. The van der Waals surface area contributed by atoms with Crippen molar-refractivity contribution in [3.8, 4) is 0 Å². The molecule has 0 fully saturated rings. The van der Waals surface area contributed by atoms with Crippen LogP contribution in [0.5, 0.6) is 0 Å². The average Bonchev–Trinajstić information content (AvgIpc) is 2.47. The standard InChI is InChI=1S/C17H25N3O2/c1-12(2)16(21)18-8-5-9-19-17(22)20-11-14-10-13-6-3-4-7-15(13)14/h3-4,6-7,12,14H,5,8-11H2,1-2H3,(H,18,21)(H2,19,20,22)/t14-/m1/s1. The number of carbonyl (C=O) groups excluding carboxylic acids is 2. The number of amides is 3. The highest BCUT2D eigenvalue weighted by atomic mass is 16.2. The van der Waals surface area contributed by atoms with Gasteiger partial charge in [-0.2, -0.15) is 0 Å². The predicted octanol–water partition coefficient (Wildman–Crippen LogP) is 1.79. The summed E-state index contributed by atoms with van der Waals surface area (Å²) in [5, 5.41) is 8.54. The molecule has 0 aliphatic heterocycles. The Morgan fingerprint density at radius 3 is 2.59 bits per heavy atom. The van der Waals surface area contributed by atoms with Gasteiger partial charge in [0.25, 0.3) is 0 Å². The third kappa shape index (κ3) is 4.48. The van der Waals surface area contributed by atoms with Crippen molar-refractivity contribution in [1.82, 2.24) is 16.0 Å². The van der Waals surface area contributed by atoms with Crippen LogP contribution in [0.25, 0.3) is 0 Å². The van der Waals surface area contributed by atoms with Crippen LogP contribution in [0.4, 0.5) is 4.79 Å². The van der Waals surface area contributed by atoms with Gasteiger partial charge in [0, 0.05) is 31.5 Å². The SMILES string of the molecule is CC(C)C(=O)NCCCNC(=O)NC[C@H]1Cc2ccccc21. The molecule has 5 heteroatoms. The summed E-state index contributed by atoms with van der Waals surface area (Å²) in [5.41, 5.74) is 2.73. The number of urea groups is 1. The summed E-state index contributed by atoms with van der Waals surface area (Å²) in [5.74, 6) is 0.488. The zero-order valence-corrected chi connectivity index (χ0v) is 13.3. The van der Waals surface area contributed by atoms with Gasteiger partial charge in [0.1, 0.15) is 0 Å². The minimum Gasteiger partial charge on any atom is -0.356 e. The van der Waals surface area contributed by atoms with Crippen LogP contribution in [0.3, 0.4) is 0 Å². The minimum atomic E-state index is -0.139. The Hall–Kier alpha value is -2.04. The largest absolute Gasteiger partial charge is 0.356 e. The van der Waals surface area contributed by atoms with E-state index in [0.717, 1.165) is 12.8 Å². The molecule has 1 atom stereocenters. The van der Waals surface area contributed by atoms with Gasteiger partial charge in [-0.05, 0) is 24.0 Å². The number of rotatable bonds is 7. The van der Waals surface area contributed by atoms with E-state index in [0.29, 0.717) is 25.6 Å². The van der Waals surface area contributed by atoms with Gasteiger partial charge in [-0.1, -0.05) is 38.1 Å². The lowest BCUT2D eigenvalue weighted by atomic mass is 9.78. The Bertz CT molecular complexity index is 528. The van der Waals surface area contributed by atoms with E-state index in [9.17, 15) is 9.59 Å². The van der Waals surface area contributed by atoms with Gasteiger partial charge in [0.15, 0.2) is 0 Å². The van der Waals surface area contributed by atoms with E-state index in [4.69, 9.17) is 0 Å². The molecule has 5 nitrogen and oxygen atoms in total. The summed E-state index contributed by atoms with van der Waals surface area (Å²) in [6.45, 7) is 5.55. The van der Waals surface area contributed by atoms with Crippen LogP contribution in [0.15, 0.2) is 24.3 Å². The number of benzene rings is 1. The second kappa shape index (κ2) is 7.82. The fraction of sp³-hybridized carbons (Fsp3) is 0.529. The number of hydrogen-bond donors (Lipinski definition) is 3. The van der Waals surface area contributed by atoms with Crippen LogP contribution >= 0.6 is 0 Å². The van der Waals surface area contributed by atoms with Crippen molar-refractivity contribution >= 4 is 11.9 Å². The number of nitrogens with one attached hydrogen (secondary N) is 3. The molecule has 0 saturated carbocycles. The van der Waals surface area contributed by atoms with E-state index in [2.05, 4.69) is 28.1 Å². The zero-order valence-electron chi connectivity index (χ0n) is 13.3. The van der Waals surface area contributed by atoms with E-state index >= 15 is 0 Å². The molecule has 0 heterocycles. The second-order valence-corrected chi connectivity index (χ2v) is 6.04. The van der Waals surface area contributed by atoms with Crippen molar-refractivity contribution in [1.29, 1.82) is 0 Å². The van der Waals surface area contributed by atoms with Crippen molar-refractivity contribution in [3.63, 3.8) is 0 Å². The Kier molecular flexibility index (Phi) is 5.81. The Morgan fingerprint density at radius 1 is 1.14 bits per heavy atom. The summed E-state index contributed by atoms with van der Waals surface area (Å²) in [6, 6.07) is 8.21. The summed E-state index contributed by atoms with van der Waals surface area (Å²) in [7, 11) is 0. The molecule has 0 bridgehead atoms. The molecule has 1 aliphatic rings. The van der Waals surface area contributed by atoms with E-state index < -0.39 is 0 Å². The van der Waals surface area contributed by atoms with Crippen molar-refractivity contribution in [3.05, 3.63) is 35.4 Å². The van der Waals surface area contributed by atoms with E-state index in [1.54, 1.807) is 0 Å². The molecule has 22 heavy (non-hydrogen) atoms. The third-order valence-corrected chi connectivity index (χ3v) is 3.93. The topological polar surface area (TPSA) is 70.2 Å². The van der Waals surface area contributed by atoms with E-state index in [1.807, 2.05) is 26.0 Å². The first kappa shape index (κ1) is 16.3. The smallest absolute Gasteiger partial charge is 0.314 e. The quantitative estimate of drug-likeness (QED) is 0.672. The fourth-order valence-electron chi connectivity index (χ4n) is 2.53. The molecule has 1 aromatic carbocycles. The molecule has 3 N–H and O–H groups in total. The average molecular weight is 303 g/mol. The number of carbonyl (C=O) groups is 2. The lowest BCUT2D eigenvalue weighted by molar-refractivity contribution is -0.123. The van der Waals surface area contributed by atoms with Crippen LogP contribution in [0, 0.1) is 5.92 Å². The second-order valence-electron chi connectivity index (χ2n) is 6.04. The highest BCUT2D eigenvalue weighted by Crippen LogP contribution is 2.33. The number of fused-ring (bicyclic) bond motifs is 1. The molecular weight excluding hydrogens is 278 g/mol. The summed E-state index contributed by atoms with van der Waals surface area (Å²) >= 11 is 0. The van der Waals surface area contributed by atoms with Crippen LogP contribution in [-0.2, 0) is 11.2 Å². The predicted molar refractivity (Wildman–Crippen MR) is 86.8 cm³/mol. The molecule has 0 saturated heterocycles. The van der Waals surface area contributed by atoms with Crippen LogP contribution in [-0.4, -0.2) is 31.6 Å². The van der Waals surface area contributed by atoms with Gasteiger partial charge >= 0.3 is 6.03 Å². The highest BCUT2D eigenvalue weighted by Gasteiger charge is 2.25. The Balaban J connectivity index is 1.53. The maximum atomic E-state index is 11.7. The molecule has 0 radical (unpaired) electrons. The first-order valence-corrected chi connectivity index (χ1v) is 7.95. The summed E-state index contributed by atoms with van der Waals surface area (Å²) in [4.78, 5) is 23.0. The van der Waals surface area contributed by atoms with Gasteiger partial charge in [-0.3, -0.25) is 4.79 Å².